The first-order valence-corrected chi connectivity index (χ1v) is 7.05. The largest absolute Gasteiger partial charge is 0.494 e. The van der Waals surface area contributed by atoms with Crippen LogP contribution in [0.4, 0.5) is 0 Å². The molecule has 0 heterocycles. The molecule has 1 N–H and O–H groups in total. The van der Waals surface area contributed by atoms with Crippen LogP contribution in [-0.2, 0) is 10.1 Å². The zero-order valence-corrected chi connectivity index (χ0v) is 10.9. The van der Waals surface area contributed by atoms with Crippen molar-refractivity contribution in [2.75, 3.05) is 6.61 Å². The molecule has 0 aliphatic rings. The lowest BCUT2D eigenvalue weighted by Crippen LogP contribution is -2.17. The van der Waals surface area contributed by atoms with Crippen molar-refractivity contribution >= 4 is 10.1 Å². The van der Waals surface area contributed by atoms with E-state index in [4.69, 9.17) is 9.29 Å². The Bertz CT molecular complexity index is 436. The van der Waals surface area contributed by atoms with Crippen molar-refractivity contribution in [1.82, 2.24) is 0 Å². The zero-order valence-electron chi connectivity index (χ0n) is 10.1. The van der Waals surface area contributed by atoms with E-state index in [9.17, 15) is 8.42 Å². The second kappa shape index (κ2) is 6.02. The van der Waals surface area contributed by atoms with Crippen LogP contribution in [0.5, 0.6) is 5.75 Å². The average molecular weight is 258 g/mol. The van der Waals surface area contributed by atoms with Crippen molar-refractivity contribution < 1.29 is 17.7 Å². The molecule has 17 heavy (non-hydrogen) atoms. The summed E-state index contributed by atoms with van der Waals surface area (Å²) >= 11 is 0. The maximum atomic E-state index is 10.7. The second-order valence-corrected chi connectivity index (χ2v) is 5.96. The molecule has 1 aromatic rings. The Hall–Kier alpha value is -1.07. The van der Waals surface area contributed by atoms with Crippen LogP contribution in [0.25, 0.3) is 0 Å². The van der Waals surface area contributed by atoms with Gasteiger partial charge in [-0.15, -0.1) is 0 Å². The summed E-state index contributed by atoms with van der Waals surface area (Å²) < 4.78 is 35.7. The van der Waals surface area contributed by atoms with Gasteiger partial charge < -0.3 is 4.74 Å². The van der Waals surface area contributed by atoms with Gasteiger partial charge in [0.05, 0.1) is 11.9 Å². The number of hydrogen-bond acceptors (Lipinski definition) is 3. The summed E-state index contributed by atoms with van der Waals surface area (Å²) in [6, 6.07) is 7.66. The van der Waals surface area contributed by atoms with Crippen LogP contribution in [0.1, 0.15) is 25.3 Å². The van der Waals surface area contributed by atoms with Crippen LogP contribution in [0.3, 0.4) is 0 Å². The first-order valence-electron chi connectivity index (χ1n) is 5.55. The fraction of sp³-hybridized carbons (Fsp3) is 0.500. The minimum atomic E-state index is -3.91. The standard InChI is InChI=1S/C12H18O4S/c1-10-5-7-12(8-6-10)16-9-3-4-11(2)17(13,14)15/h5-8,11H,3-4,9H2,1-2H3,(H,13,14,15). The number of aryl methyl sites for hydroxylation is 1. The topological polar surface area (TPSA) is 63.6 Å². The van der Waals surface area contributed by atoms with Gasteiger partial charge >= 0.3 is 0 Å². The summed E-state index contributed by atoms with van der Waals surface area (Å²) in [6.07, 6.45) is 0.986. The summed E-state index contributed by atoms with van der Waals surface area (Å²) in [7, 11) is -3.91. The van der Waals surface area contributed by atoms with E-state index in [-0.39, 0.29) is 0 Å². The third-order valence-electron chi connectivity index (χ3n) is 2.55. The van der Waals surface area contributed by atoms with Crippen LogP contribution >= 0.6 is 0 Å². The monoisotopic (exact) mass is 258 g/mol. The molecular weight excluding hydrogens is 240 g/mol. The van der Waals surface area contributed by atoms with Gasteiger partial charge in [0.15, 0.2) is 0 Å². The molecular formula is C12H18O4S. The molecule has 0 saturated carbocycles. The normalized spacial score (nSPS) is 13.4. The molecule has 0 aliphatic heterocycles. The van der Waals surface area contributed by atoms with E-state index in [1.54, 1.807) is 0 Å². The molecule has 0 aliphatic carbocycles. The van der Waals surface area contributed by atoms with Gasteiger partial charge in [0.25, 0.3) is 10.1 Å². The first-order chi connectivity index (χ1) is 7.89. The molecule has 0 fully saturated rings. The molecule has 1 rings (SSSR count). The minimum Gasteiger partial charge on any atom is -0.494 e. The lowest BCUT2D eigenvalue weighted by Gasteiger charge is -2.09. The Labute approximate surface area is 102 Å². The molecule has 0 amide bonds. The van der Waals surface area contributed by atoms with Crippen LogP contribution in [0.2, 0.25) is 0 Å². The van der Waals surface area contributed by atoms with E-state index in [1.807, 2.05) is 31.2 Å². The highest BCUT2D eigenvalue weighted by molar-refractivity contribution is 7.86. The molecule has 0 aromatic heterocycles. The Balaban J connectivity index is 2.27. The van der Waals surface area contributed by atoms with E-state index in [0.717, 1.165) is 11.3 Å². The maximum Gasteiger partial charge on any atom is 0.267 e. The molecule has 1 unspecified atom stereocenters. The van der Waals surface area contributed by atoms with Crippen LogP contribution in [0.15, 0.2) is 24.3 Å². The van der Waals surface area contributed by atoms with Gasteiger partial charge in [-0.3, -0.25) is 4.55 Å². The molecule has 4 nitrogen and oxygen atoms in total. The Morgan fingerprint density at radius 1 is 1.29 bits per heavy atom. The fourth-order valence-corrected chi connectivity index (χ4v) is 1.81. The summed E-state index contributed by atoms with van der Waals surface area (Å²) in [5, 5.41) is -0.732. The third kappa shape index (κ3) is 5.19. The van der Waals surface area contributed by atoms with Crippen molar-refractivity contribution in [2.45, 2.75) is 31.9 Å². The smallest absolute Gasteiger partial charge is 0.267 e. The van der Waals surface area contributed by atoms with Gasteiger partial charge in [-0.25, -0.2) is 0 Å². The van der Waals surface area contributed by atoms with Crippen LogP contribution in [0, 0.1) is 6.92 Å². The highest BCUT2D eigenvalue weighted by atomic mass is 32.2. The highest BCUT2D eigenvalue weighted by Gasteiger charge is 2.16. The summed E-state index contributed by atoms with van der Waals surface area (Å²) in [5.41, 5.74) is 1.16. The molecule has 0 radical (unpaired) electrons. The molecule has 1 aromatic carbocycles. The number of rotatable bonds is 6. The molecule has 5 heteroatoms. The quantitative estimate of drug-likeness (QED) is 0.628. The highest BCUT2D eigenvalue weighted by Crippen LogP contribution is 2.13. The first kappa shape index (κ1) is 14.0. The van der Waals surface area contributed by atoms with E-state index in [2.05, 4.69) is 0 Å². The zero-order chi connectivity index (χ0) is 12.9. The maximum absolute atomic E-state index is 10.7. The molecule has 1 atom stereocenters. The van der Waals surface area contributed by atoms with Gasteiger partial charge in [-0.2, -0.15) is 8.42 Å². The van der Waals surface area contributed by atoms with Gasteiger partial charge in [0.2, 0.25) is 0 Å². The predicted octanol–water partition coefficient (Wildman–Crippen LogP) is 2.43. The Morgan fingerprint density at radius 2 is 1.88 bits per heavy atom. The Kier molecular flexibility index (Phi) is 4.96. The lowest BCUT2D eigenvalue weighted by atomic mass is 10.2. The molecule has 96 valence electrons. The van der Waals surface area contributed by atoms with Crippen molar-refractivity contribution in [3.63, 3.8) is 0 Å². The van der Waals surface area contributed by atoms with Crippen LogP contribution < -0.4 is 4.74 Å². The fourth-order valence-electron chi connectivity index (χ4n) is 1.34. The van der Waals surface area contributed by atoms with Crippen molar-refractivity contribution in [3.05, 3.63) is 29.8 Å². The second-order valence-electron chi connectivity index (χ2n) is 4.13. The van der Waals surface area contributed by atoms with Crippen LogP contribution in [-0.4, -0.2) is 24.8 Å². The predicted molar refractivity (Wildman–Crippen MR) is 66.9 cm³/mol. The summed E-state index contributed by atoms with van der Waals surface area (Å²) in [4.78, 5) is 0. The number of benzene rings is 1. The van der Waals surface area contributed by atoms with E-state index in [0.29, 0.717) is 19.4 Å². The summed E-state index contributed by atoms with van der Waals surface area (Å²) in [6.45, 7) is 3.93. The van der Waals surface area contributed by atoms with E-state index >= 15 is 0 Å². The van der Waals surface area contributed by atoms with Gasteiger partial charge in [0.1, 0.15) is 5.75 Å². The minimum absolute atomic E-state index is 0.394. The van der Waals surface area contributed by atoms with Gasteiger partial charge in [0, 0.05) is 0 Å². The van der Waals surface area contributed by atoms with E-state index in [1.165, 1.54) is 6.92 Å². The van der Waals surface area contributed by atoms with Crippen molar-refractivity contribution in [3.8, 4) is 5.75 Å². The average Bonchev–Trinajstić information content (AvgIpc) is 2.25. The van der Waals surface area contributed by atoms with Crippen molar-refractivity contribution in [2.24, 2.45) is 0 Å². The summed E-state index contributed by atoms with van der Waals surface area (Å²) in [5.74, 6) is 0.773. The SMILES string of the molecule is Cc1ccc(OCCCC(C)S(=O)(=O)O)cc1. The van der Waals surface area contributed by atoms with Crippen molar-refractivity contribution in [1.29, 1.82) is 0 Å². The molecule has 0 saturated heterocycles. The molecule has 0 bridgehead atoms. The van der Waals surface area contributed by atoms with E-state index < -0.39 is 15.4 Å². The number of hydrogen-bond donors (Lipinski definition) is 1. The van der Waals surface area contributed by atoms with Gasteiger partial charge in [-0.1, -0.05) is 17.7 Å². The molecule has 0 spiro atoms. The number of ether oxygens (including phenoxy) is 1. The Morgan fingerprint density at radius 3 is 2.41 bits per heavy atom. The lowest BCUT2D eigenvalue weighted by molar-refractivity contribution is 0.305. The van der Waals surface area contributed by atoms with Gasteiger partial charge in [-0.05, 0) is 38.8 Å². The third-order valence-corrected chi connectivity index (χ3v) is 3.81.